The number of nitrogens with zero attached hydrogens (tertiary/aromatic N) is 2. The normalized spacial score (nSPS) is 15.1. The highest BCUT2D eigenvalue weighted by Gasteiger charge is 2.25. The largest absolute Gasteiger partial charge is 0.335 e. The average Bonchev–Trinajstić information content (AvgIpc) is 3.49. The first-order valence-corrected chi connectivity index (χ1v) is 19.3. The number of anilines is 1. The van der Waals surface area contributed by atoms with Crippen LogP contribution in [0.4, 0.5) is 5.69 Å². The molecule has 1 aliphatic rings. The van der Waals surface area contributed by atoms with Crippen molar-refractivity contribution in [1.82, 2.24) is 0 Å². The van der Waals surface area contributed by atoms with Gasteiger partial charge in [0.15, 0.2) is 6.54 Å². The molecule has 1 aromatic heterocycles. The van der Waals surface area contributed by atoms with Crippen molar-refractivity contribution in [2.24, 2.45) is 0 Å². The lowest BCUT2D eigenvalue weighted by Crippen LogP contribution is -2.36. The Labute approximate surface area is 272 Å². The molecular weight excluding hydrogens is 649 g/mol. The predicted octanol–water partition coefficient (Wildman–Crippen LogP) is 6.91. The van der Waals surface area contributed by atoms with Crippen LogP contribution in [0.2, 0.25) is 0 Å². The molecule has 45 heavy (non-hydrogen) atoms. The number of benzene rings is 3. The Morgan fingerprint density at radius 3 is 2.31 bits per heavy atom. The quantitative estimate of drug-likeness (QED) is 0.0941. The number of allylic oxidation sites excluding steroid dienone is 4. The number of aryl methyl sites for hydroxylation is 3. The molecule has 1 aliphatic heterocycles. The number of hydrogen-bond donors (Lipinski definition) is 2. The van der Waals surface area contributed by atoms with E-state index in [2.05, 4.69) is 45.9 Å². The Bertz CT molecular complexity index is 2010. The molecule has 2 N–H and O–H groups in total. The van der Waals surface area contributed by atoms with Gasteiger partial charge < -0.3 is 4.90 Å². The first-order valence-electron chi connectivity index (χ1n) is 14.4. The zero-order valence-corrected chi connectivity index (χ0v) is 28.2. The van der Waals surface area contributed by atoms with Gasteiger partial charge in [-0.1, -0.05) is 71.6 Å². The fourth-order valence-electron chi connectivity index (χ4n) is 5.14. The molecule has 0 aliphatic carbocycles. The van der Waals surface area contributed by atoms with Crippen molar-refractivity contribution in [3.05, 3.63) is 112 Å². The van der Waals surface area contributed by atoms with Crippen LogP contribution in [-0.4, -0.2) is 44.0 Å². The number of thiazole rings is 1. The second kappa shape index (κ2) is 14.0. The molecule has 0 bridgehead atoms. The Hall–Kier alpha value is -3.26. The number of thioether (sulfide) groups is 1. The van der Waals surface area contributed by atoms with Gasteiger partial charge in [0.25, 0.3) is 25.2 Å². The molecular formula is C33H35N2O6S4+. The van der Waals surface area contributed by atoms with Gasteiger partial charge in [-0.25, -0.2) is 0 Å². The highest BCUT2D eigenvalue weighted by Crippen LogP contribution is 2.46. The first-order chi connectivity index (χ1) is 21.4. The summed E-state index contributed by atoms with van der Waals surface area (Å²) in [5.41, 5.74) is 6.18. The maximum absolute atomic E-state index is 11.4. The van der Waals surface area contributed by atoms with Crippen LogP contribution in [0.3, 0.4) is 0 Å². The number of fused-ring (bicyclic) bond motifs is 2. The van der Waals surface area contributed by atoms with Crippen molar-refractivity contribution in [3.63, 3.8) is 0 Å². The van der Waals surface area contributed by atoms with E-state index in [0.717, 1.165) is 53.1 Å². The van der Waals surface area contributed by atoms with Crippen LogP contribution < -0.4 is 9.47 Å². The van der Waals surface area contributed by atoms with E-state index < -0.39 is 20.2 Å². The van der Waals surface area contributed by atoms with Gasteiger partial charge in [0.1, 0.15) is 4.70 Å². The molecule has 0 fully saturated rings. The van der Waals surface area contributed by atoms with Crippen LogP contribution in [-0.2, 0) is 26.8 Å². The molecule has 0 spiro atoms. The Morgan fingerprint density at radius 2 is 1.58 bits per heavy atom. The first kappa shape index (κ1) is 33.1. The van der Waals surface area contributed by atoms with Crippen molar-refractivity contribution >= 4 is 70.9 Å². The van der Waals surface area contributed by atoms with Crippen LogP contribution >= 0.6 is 23.1 Å². The van der Waals surface area contributed by atoms with E-state index in [-0.39, 0.29) is 24.3 Å². The van der Waals surface area contributed by atoms with Crippen LogP contribution in [0.5, 0.6) is 0 Å². The lowest BCUT2D eigenvalue weighted by molar-refractivity contribution is -0.668. The summed E-state index contributed by atoms with van der Waals surface area (Å²) in [6.45, 7) is 4.91. The van der Waals surface area contributed by atoms with Crippen LogP contribution in [0, 0.1) is 13.8 Å². The molecule has 3 aromatic carbocycles. The molecule has 0 atom stereocenters. The lowest BCUT2D eigenvalue weighted by Gasteiger charge is -2.20. The standard InChI is InChI=1S/C33H34N2O6S4/c1-24-10-14-30-28(22-24)34(18-6-20-44(36,37)38)32(42-30)16-12-27(26-8-4-3-5-9-26)13-17-33-35(19-7-21-45(39,40)41)29-23-25(2)11-15-31(29)43-33/h3-5,8-17,22-23H,6-7,18-21H2,1-2H3,(H-,36,37,38,39,40,41)/p+1. The SMILES string of the molecule is Cc1ccc2c(c1)N(CCCS(=O)(=O)O)C(=CC=C(C=Cc1sc3ccc(C)cc3[n+]1CCCS(=O)(=O)O)c1ccccc1)S2. The predicted molar refractivity (Wildman–Crippen MR) is 185 cm³/mol. The van der Waals surface area contributed by atoms with Gasteiger partial charge in [0, 0.05) is 30.0 Å². The van der Waals surface area contributed by atoms with Crippen molar-refractivity contribution in [1.29, 1.82) is 0 Å². The summed E-state index contributed by atoms with van der Waals surface area (Å²) in [4.78, 5) is 3.17. The Morgan fingerprint density at radius 1 is 0.889 bits per heavy atom. The van der Waals surface area contributed by atoms with Gasteiger partial charge in [-0.2, -0.15) is 21.4 Å². The lowest BCUT2D eigenvalue weighted by atomic mass is 10.1. The molecule has 236 valence electrons. The summed E-state index contributed by atoms with van der Waals surface area (Å²) in [5.74, 6) is -0.620. The van der Waals surface area contributed by atoms with E-state index in [1.54, 1.807) is 23.1 Å². The Balaban J connectivity index is 1.51. The second-order valence-corrected chi connectivity index (χ2v) is 16.2. The number of aromatic nitrogens is 1. The van der Waals surface area contributed by atoms with E-state index in [1.165, 1.54) is 0 Å². The van der Waals surface area contributed by atoms with Gasteiger partial charge in [-0.3, -0.25) is 9.11 Å². The summed E-state index contributed by atoms with van der Waals surface area (Å²) < 4.78 is 67.4. The monoisotopic (exact) mass is 683 g/mol. The molecule has 4 aromatic rings. The topological polar surface area (TPSA) is 116 Å². The molecule has 5 rings (SSSR count). The van der Waals surface area contributed by atoms with Crippen LogP contribution in [0.25, 0.3) is 21.9 Å². The molecule has 0 amide bonds. The molecule has 0 saturated heterocycles. The third-order valence-corrected chi connectivity index (χ3v) is 11.1. The third kappa shape index (κ3) is 8.93. The second-order valence-electron chi connectivity index (χ2n) is 10.9. The minimum atomic E-state index is -4.06. The van der Waals surface area contributed by atoms with E-state index >= 15 is 0 Å². The van der Waals surface area contributed by atoms with E-state index in [1.807, 2.05) is 68.5 Å². The zero-order valence-electron chi connectivity index (χ0n) is 25.0. The molecule has 0 radical (unpaired) electrons. The fourth-order valence-corrected chi connectivity index (χ4v) is 8.27. The zero-order chi connectivity index (χ0) is 32.2. The summed E-state index contributed by atoms with van der Waals surface area (Å²) in [6.07, 6.45) is 8.72. The number of hydrogen-bond acceptors (Lipinski definition) is 7. The van der Waals surface area contributed by atoms with Gasteiger partial charge in [0.2, 0.25) is 5.52 Å². The summed E-state index contributed by atoms with van der Waals surface area (Å²) in [7, 11) is -8.12. The highest BCUT2D eigenvalue weighted by molar-refractivity contribution is 8.03. The van der Waals surface area contributed by atoms with E-state index in [4.69, 9.17) is 0 Å². The molecule has 8 nitrogen and oxygen atoms in total. The van der Waals surface area contributed by atoms with Crippen LogP contribution in [0.15, 0.2) is 94.9 Å². The number of rotatable bonds is 12. The third-order valence-electron chi connectivity index (χ3n) is 7.26. The van der Waals surface area contributed by atoms with Crippen molar-refractivity contribution in [3.8, 4) is 0 Å². The minimum Gasteiger partial charge on any atom is -0.335 e. The highest BCUT2D eigenvalue weighted by atomic mass is 32.2. The maximum Gasteiger partial charge on any atom is 0.265 e. The maximum atomic E-state index is 11.4. The van der Waals surface area contributed by atoms with Crippen LogP contribution in [0.1, 0.15) is 34.5 Å². The molecule has 0 saturated carbocycles. The smallest absolute Gasteiger partial charge is 0.265 e. The molecule has 12 heteroatoms. The van der Waals surface area contributed by atoms with Crippen molar-refractivity contribution in [2.45, 2.75) is 38.1 Å². The fraction of sp³-hybridized carbons (Fsp3) is 0.242. The average molecular weight is 684 g/mol. The van der Waals surface area contributed by atoms with E-state index in [0.29, 0.717) is 13.1 Å². The summed E-state index contributed by atoms with van der Waals surface area (Å²) in [5, 5.41) is 1.90. The van der Waals surface area contributed by atoms with Crippen molar-refractivity contribution in [2.75, 3.05) is 23.0 Å². The summed E-state index contributed by atoms with van der Waals surface area (Å²) >= 11 is 3.23. The summed E-state index contributed by atoms with van der Waals surface area (Å²) in [6, 6.07) is 22.4. The van der Waals surface area contributed by atoms with Gasteiger partial charge in [0.05, 0.1) is 22.2 Å². The Kier molecular flexibility index (Phi) is 10.3. The molecule has 0 unspecified atom stereocenters. The minimum absolute atomic E-state index is 0.280. The van der Waals surface area contributed by atoms with Crippen molar-refractivity contribution < 1.29 is 30.5 Å². The van der Waals surface area contributed by atoms with E-state index in [9.17, 15) is 25.9 Å². The van der Waals surface area contributed by atoms with Gasteiger partial charge >= 0.3 is 0 Å². The van der Waals surface area contributed by atoms with Gasteiger partial charge in [-0.05, 0) is 72.9 Å². The molecule has 2 heterocycles. The van der Waals surface area contributed by atoms with Gasteiger partial charge in [-0.15, -0.1) is 0 Å².